The summed E-state index contributed by atoms with van der Waals surface area (Å²) in [5, 5.41) is 0. The van der Waals surface area contributed by atoms with Gasteiger partial charge in [-0.2, -0.15) is 4.72 Å². The Hall–Kier alpha value is -1.70. The van der Waals surface area contributed by atoms with Crippen molar-refractivity contribution in [2.75, 3.05) is 20.3 Å². The van der Waals surface area contributed by atoms with E-state index in [9.17, 15) is 13.0 Å². The molecule has 0 heterocycles. The molecular weight excluding hydrogens is 425 g/mol. The van der Waals surface area contributed by atoms with Crippen LogP contribution in [0.15, 0.2) is 53.4 Å². The van der Waals surface area contributed by atoms with Crippen LogP contribution in [0.25, 0.3) is 11.1 Å². The fourth-order valence-corrected chi connectivity index (χ4v) is 6.96. The van der Waals surface area contributed by atoms with Gasteiger partial charge < -0.3 is 13.8 Å². The molecule has 1 N–H and O–H groups in total. The highest BCUT2D eigenvalue weighted by Crippen LogP contribution is 2.54. The van der Waals surface area contributed by atoms with E-state index >= 15 is 0 Å². The molecule has 0 fully saturated rings. The normalized spacial score (nSPS) is 13.4. The van der Waals surface area contributed by atoms with Gasteiger partial charge in [0.1, 0.15) is 11.5 Å². The van der Waals surface area contributed by atoms with Gasteiger partial charge in [0.15, 0.2) is 0 Å². The van der Waals surface area contributed by atoms with Crippen molar-refractivity contribution in [1.82, 2.24) is 4.72 Å². The molecule has 7 nitrogen and oxygen atoms in total. The van der Waals surface area contributed by atoms with Crippen LogP contribution in [0.1, 0.15) is 27.7 Å². The maximum absolute atomic E-state index is 13.2. The first-order valence-electron chi connectivity index (χ1n) is 9.82. The van der Waals surface area contributed by atoms with E-state index in [1.54, 1.807) is 46.9 Å². The highest BCUT2D eigenvalue weighted by atomic mass is 32.2. The summed E-state index contributed by atoms with van der Waals surface area (Å²) in [6.07, 6.45) is 0. The number of hydrogen-bond acceptors (Lipinski definition) is 6. The summed E-state index contributed by atoms with van der Waals surface area (Å²) in [5.41, 5.74) is 1.80. The highest BCUT2D eigenvalue weighted by molar-refractivity contribution is 7.89. The fourth-order valence-electron chi connectivity index (χ4n) is 2.96. The molecule has 0 aliphatic rings. The van der Waals surface area contributed by atoms with Crippen LogP contribution in [-0.2, 0) is 23.6 Å². The Morgan fingerprint density at radius 3 is 1.77 bits per heavy atom. The minimum atomic E-state index is -3.94. The molecule has 0 radical (unpaired) electrons. The Bertz CT molecular complexity index is 948. The first kappa shape index (κ1) is 24.6. The molecule has 2 aromatic rings. The third kappa shape index (κ3) is 5.93. The molecule has 9 heteroatoms. The Morgan fingerprint density at radius 2 is 1.37 bits per heavy atom. The Labute approximate surface area is 179 Å². The summed E-state index contributed by atoms with van der Waals surface area (Å²) in [4.78, 5) is 0.0740. The molecule has 30 heavy (non-hydrogen) atoms. The van der Waals surface area contributed by atoms with Crippen molar-refractivity contribution in [3.8, 4) is 16.9 Å². The summed E-state index contributed by atoms with van der Waals surface area (Å²) in [6, 6.07) is 14.0. The number of hydrogen-bond donors (Lipinski definition) is 1. The van der Waals surface area contributed by atoms with E-state index in [1.807, 2.05) is 24.3 Å². The molecule has 0 aliphatic heterocycles. The monoisotopic (exact) mass is 455 g/mol. The molecule has 166 valence electrons. The molecule has 0 amide bonds. The Kier molecular flexibility index (Phi) is 8.64. The van der Waals surface area contributed by atoms with E-state index in [2.05, 4.69) is 4.72 Å². The van der Waals surface area contributed by atoms with Gasteiger partial charge >= 0.3 is 7.60 Å². The number of nitrogens with one attached hydrogen (secondary N) is 1. The first-order chi connectivity index (χ1) is 14.2. The van der Waals surface area contributed by atoms with Gasteiger partial charge in [-0.25, -0.2) is 8.42 Å². The summed E-state index contributed by atoms with van der Waals surface area (Å²) < 4.78 is 57.5. The number of ether oxygens (including phenoxy) is 1. The summed E-state index contributed by atoms with van der Waals surface area (Å²) >= 11 is 0. The second-order valence-corrected chi connectivity index (χ2v) is 10.8. The van der Waals surface area contributed by atoms with E-state index < -0.39 is 23.4 Å². The molecular formula is C21H30NO6PS. The van der Waals surface area contributed by atoms with Gasteiger partial charge in [-0.05, 0) is 55.2 Å². The van der Waals surface area contributed by atoms with Crippen molar-refractivity contribution < 1.29 is 26.8 Å². The lowest BCUT2D eigenvalue weighted by Crippen LogP contribution is -2.39. The first-order valence-corrected chi connectivity index (χ1v) is 12.9. The van der Waals surface area contributed by atoms with Crippen LogP contribution >= 0.6 is 7.60 Å². The zero-order valence-electron chi connectivity index (χ0n) is 18.0. The fraction of sp³-hybridized carbons (Fsp3) is 0.429. The quantitative estimate of drug-likeness (QED) is 0.485. The topological polar surface area (TPSA) is 90.9 Å². The minimum absolute atomic E-state index is 0.0740. The van der Waals surface area contributed by atoms with Gasteiger partial charge in [0, 0.05) is 0 Å². The van der Waals surface area contributed by atoms with Crippen molar-refractivity contribution in [2.24, 2.45) is 5.92 Å². The van der Waals surface area contributed by atoms with E-state index in [-0.39, 0.29) is 24.0 Å². The Balaban J connectivity index is 2.29. The zero-order valence-corrected chi connectivity index (χ0v) is 19.7. The van der Waals surface area contributed by atoms with E-state index in [0.717, 1.165) is 16.9 Å². The van der Waals surface area contributed by atoms with Crippen molar-refractivity contribution in [3.63, 3.8) is 0 Å². The third-order valence-corrected chi connectivity index (χ3v) is 8.73. The van der Waals surface area contributed by atoms with E-state index in [0.29, 0.717) is 0 Å². The molecule has 1 atom stereocenters. The average Bonchev–Trinajstić information content (AvgIpc) is 2.72. The van der Waals surface area contributed by atoms with Crippen LogP contribution in [0.2, 0.25) is 0 Å². The number of benzene rings is 2. The van der Waals surface area contributed by atoms with Gasteiger partial charge in [-0.15, -0.1) is 0 Å². The van der Waals surface area contributed by atoms with Crippen LogP contribution in [0, 0.1) is 5.92 Å². The van der Waals surface area contributed by atoms with Crippen LogP contribution in [0.3, 0.4) is 0 Å². The minimum Gasteiger partial charge on any atom is -0.497 e. The number of methoxy groups -OCH3 is 1. The predicted octanol–water partition coefficient (Wildman–Crippen LogP) is 4.89. The molecule has 0 saturated carbocycles. The van der Waals surface area contributed by atoms with Gasteiger partial charge in [-0.1, -0.05) is 38.1 Å². The van der Waals surface area contributed by atoms with Crippen LogP contribution in [0.5, 0.6) is 5.75 Å². The standard InChI is InChI=1S/C21H30NO6PS/c1-6-27-29(23,28-7-2)21(16(3)4)22-30(24,25)20-14-10-18(11-15-20)17-8-12-19(26-5)13-9-17/h8-16,21-22H,6-7H2,1-5H3/t21-/m1/s1. The summed E-state index contributed by atoms with van der Waals surface area (Å²) in [7, 11) is -6.01. The average molecular weight is 456 g/mol. The van der Waals surface area contributed by atoms with Crippen molar-refractivity contribution in [2.45, 2.75) is 38.4 Å². The molecule has 0 aliphatic carbocycles. The van der Waals surface area contributed by atoms with E-state index in [4.69, 9.17) is 13.8 Å². The Morgan fingerprint density at radius 1 is 0.900 bits per heavy atom. The van der Waals surface area contributed by atoms with Crippen LogP contribution in [-0.4, -0.2) is 34.5 Å². The van der Waals surface area contributed by atoms with E-state index in [1.165, 1.54) is 12.1 Å². The van der Waals surface area contributed by atoms with Crippen molar-refractivity contribution in [3.05, 3.63) is 48.5 Å². The van der Waals surface area contributed by atoms with Crippen LogP contribution < -0.4 is 9.46 Å². The molecule has 0 aromatic heterocycles. The summed E-state index contributed by atoms with van der Waals surface area (Å²) in [6.45, 7) is 7.22. The highest BCUT2D eigenvalue weighted by Gasteiger charge is 2.40. The molecule has 0 bridgehead atoms. The van der Waals surface area contributed by atoms with Crippen molar-refractivity contribution >= 4 is 17.6 Å². The molecule has 2 rings (SSSR count). The number of rotatable bonds is 11. The number of sulfonamides is 1. The lowest BCUT2D eigenvalue weighted by molar-refractivity contribution is 0.203. The van der Waals surface area contributed by atoms with Gasteiger partial charge in [0.25, 0.3) is 0 Å². The van der Waals surface area contributed by atoms with Crippen molar-refractivity contribution in [1.29, 1.82) is 0 Å². The van der Waals surface area contributed by atoms with Crippen LogP contribution in [0.4, 0.5) is 0 Å². The molecule has 0 unspecified atom stereocenters. The second-order valence-electron chi connectivity index (χ2n) is 6.94. The lowest BCUT2D eigenvalue weighted by Gasteiger charge is -2.29. The molecule has 0 saturated heterocycles. The smallest absolute Gasteiger partial charge is 0.348 e. The SMILES string of the molecule is CCOP(=O)(OCC)[C@@H](NS(=O)(=O)c1ccc(-c2ccc(OC)cc2)cc1)C(C)C. The predicted molar refractivity (Wildman–Crippen MR) is 118 cm³/mol. The summed E-state index contributed by atoms with van der Waals surface area (Å²) in [5.74, 6) is -0.555. The van der Waals surface area contributed by atoms with Gasteiger partial charge in [0.05, 0.1) is 25.2 Å². The van der Waals surface area contributed by atoms with Gasteiger partial charge in [0.2, 0.25) is 10.0 Å². The third-order valence-electron chi connectivity index (χ3n) is 4.45. The lowest BCUT2D eigenvalue weighted by atomic mass is 10.1. The van der Waals surface area contributed by atoms with Gasteiger partial charge in [-0.3, -0.25) is 4.57 Å². The maximum atomic E-state index is 13.2. The zero-order chi connectivity index (χ0) is 22.4. The maximum Gasteiger partial charge on any atom is 0.348 e. The molecule has 0 spiro atoms. The molecule has 2 aromatic carbocycles. The second kappa shape index (κ2) is 10.6. The largest absolute Gasteiger partial charge is 0.497 e.